The fraction of sp³-hybridized carbons (Fsp3) is 0.625. The number of aliphatic carboxylic acids is 1. The van der Waals surface area contributed by atoms with Crippen molar-refractivity contribution in [1.82, 2.24) is 5.32 Å². The van der Waals surface area contributed by atoms with Crippen LogP contribution < -0.4 is 10.6 Å². The Balaban J connectivity index is 1.84. The summed E-state index contributed by atoms with van der Waals surface area (Å²) in [5, 5.41) is 16.3. The third-order valence-corrected chi connectivity index (χ3v) is 7.95. The lowest BCUT2D eigenvalue weighted by Gasteiger charge is -2.29. The molecule has 2 aliphatic carbocycles. The first kappa shape index (κ1) is 23.5. The predicted octanol–water partition coefficient (Wildman–Crippen LogP) is 5.07. The third-order valence-electron chi connectivity index (χ3n) is 6.89. The van der Waals surface area contributed by atoms with Gasteiger partial charge in [-0.15, -0.1) is 11.3 Å². The summed E-state index contributed by atoms with van der Waals surface area (Å²) in [4.78, 5) is 39.2. The third kappa shape index (κ3) is 5.20. The van der Waals surface area contributed by atoms with Crippen molar-refractivity contribution in [3.05, 3.63) is 27.2 Å². The highest BCUT2D eigenvalue weighted by atomic mass is 32.1. The molecule has 2 amide bonds. The minimum Gasteiger partial charge on any atom is -0.481 e. The number of nitrogens with one attached hydrogen (secondary N) is 2. The predicted molar refractivity (Wildman–Crippen MR) is 124 cm³/mol. The number of hydrogen-bond donors (Lipinski definition) is 3. The molecule has 3 rings (SSSR count). The summed E-state index contributed by atoms with van der Waals surface area (Å²) in [6, 6.07) is 0.181. The lowest BCUT2D eigenvalue weighted by atomic mass is 9.76. The van der Waals surface area contributed by atoms with Crippen LogP contribution in [0.2, 0.25) is 0 Å². The second-order valence-electron chi connectivity index (χ2n) is 9.01. The van der Waals surface area contributed by atoms with Crippen LogP contribution in [0.15, 0.2) is 11.1 Å². The molecule has 0 saturated heterocycles. The number of carbonyl (C=O) groups is 3. The minimum absolute atomic E-state index is 0.131. The molecule has 0 aromatic carbocycles. The van der Waals surface area contributed by atoms with Gasteiger partial charge in [0, 0.05) is 10.9 Å². The molecule has 0 spiro atoms. The second-order valence-corrected chi connectivity index (χ2v) is 10.2. The number of amides is 2. The van der Waals surface area contributed by atoms with Gasteiger partial charge in [0.2, 0.25) is 5.91 Å². The van der Waals surface area contributed by atoms with E-state index in [1.165, 1.54) is 17.8 Å². The Morgan fingerprint density at radius 2 is 1.61 bits per heavy atom. The van der Waals surface area contributed by atoms with Crippen LogP contribution in [-0.2, 0) is 16.0 Å². The first-order valence-corrected chi connectivity index (χ1v) is 12.2. The number of allylic oxidation sites excluding steroid dienone is 2. The minimum atomic E-state index is -0.945. The highest BCUT2D eigenvalue weighted by Gasteiger charge is 2.38. The van der Waals surface area contributed by atoms with Crippen molar-refractivity contribution in [3.63, 3.8) is 0 Å². The van der Waals surface area contributed by atoms with Crippen LogP contribution in [0.5, 0.6) is 0 Å². The molecule has 1 heterocycles. The second kappa shape index (κ2) is 9.98. The van der Waals surface area contributed by atoms with Gasteiger partial charge in [-0.2, -0.15) is 0 Å². The Bertz CT molecular complexity index is 896. The standard InChI is InChI=1S/C24H34N2O4S/c1-5-17-15(4)31-23(20(17)22(28)25-16-9-7-6-8-10-16)26-21(27)18-11-13(2)14(3)12-19(18)24(29)30/h16,18-19H,5-12H2,1-4H3,(H,25,28)(H,26,27)(H,29,30). The van der Waals surface area contributed by atoms with Gasteiger partial charge in [-0.05, 0) is 58.4 Å². The zero-order chi connectivity index (χ0) is 22.7. The molecule has 7 heteroatoms. The largest absolute Gasteiger partial charge is 0.481 e. The molecular formula is C24H34N2O4S. The molecule has 0 bridgehead atoms. The quantitative estimate of drug-likeness (QED) is 0.532. The van der Waals surface area contributed by atoms with E-state index in [4.69, 9.17) is 0 Å². The molecule has 3 N–H and O–H groups in total. The Morgan fingerprint density at radius 1 is 1.00 bits per heavy atom. The molecule has 6 nitrogen and oxygen atoms in total. The first-order chi connectivity index (χ1) is 14.7. The average molecular weight is 447 g/mol. The number of carboxylic acids is 1. The van der Waals surface area contributed by atoms with Gasteiger partial charge in [-0.1, -0.05) is 37.3 Å². The summed E-state index contributed by atoms with van der Waals surface area (Å²) in [5.74, 6) is -2.76. The van der Waals surface area contributed by atoms with Gasteiger partial charge in [0.05, 0.1) is 17.4 Å². The van der Waals surface area contributed by atoms with Gasteiger partial charge < -0.3 is 15.7 Å². The van der Waals surface area contributed by atoms with Crippen LogP contribution in [0.1, 0.15) is 86.5 Å². The Hall–Kier alpha value is -2.15. The highest BCUT2D eigenvalue weighted by molar-refractivity contribution is 7.16. The van der Waals surface area contributed by atoms with Crippen LogP contribution in [-0.4, -0.2) is 28.9 Å². The highest BCUT2D eigenvalue weighted by Crippen LogP contribution is 2.38. The molecule has 170 valence electrons. The van der Waals surface area contributed by atoms with Crippen LogP contribution in [0.25, 0.3) is 0 Å². The monoisotopic (exact) mass is 446 g/mol. The fourth-order valence-corrected chi connectivity index (χ4v) is 6.01. The molecule has 1 aromatic rings. The molecule has 1 saturated carbocycles. The SMILES string of the molecule is CCc1c(C)sc(NC(=O)C2CC(C)=C(C)CC2C(=O)O)c1C(=O)NC1CCCCC1. The number of carboxylic acid groups (broad SMARTS) is 1. The van der Waals surface area contributed by atoms with Crippen molar-refractivity contribution in [2.75, 3.05) is 5.32 Å². The van der Waals surface area contributed by atoms with Crippen LogP contribution in [0.3, 0.4) is 0 Å². The molecule has 2 aliphatic rings. The number of anilines is 1. The molecule has 0 aliphatic heterocycles. The summed E-state index contributed by atoms with van der Waals surface area (Å²) in [6.45, 7) is 7.87. The zero-order valence-corrected chi connectivity index (χ0v) is 19.8. The molecule has 0 radical (unpaired) electrons. The van der Waals surface area contributed by atoms with Gasteiger partial charge >= 0.3 is 5.97 Å². The normalized spacial score (nSPS) is 22.3. The number of thiophene rings is 1. The maximum absolute atomic E-state index is 13.2. The van der Waals surface area contributed by atoms with Crippen molar-refractivity contribution >= 4 is 34.1 Å². The van der Waals surface area contributed by atoms with Crippen LogP contribution in [0.4, 0.5) is 5.00 Å². The summed E-state index contributed by atoms with van der Waals surface area (Å²) in [5.41, 5.74) is 3.63. The van der Waals surface area contributed by atoms with E-state index in [-0.39, 0.29) is 17.9 Å². The van der Waals surface area contributed by atoms with Crippen molar-refractivity contribution in [2.45, 2.75) is 85.1 Å². The Kier molecular flexibility index (Phi) is 7.57. The van der Waals surface area contributed by atoms with Gasteiger partial charge in [0.15, 0.2) is 0 Å². The van der Waals surface area contributed by atoms with E-state index in [2.05, 4.69) is 10.6 Å². The number of carbonyl (C=O) groups excluding carboxylic acids is 2. The number of rotatable bonds is 6. The Labute approximate surface area is 188 Å². The van der Waals surface area contributed by atoms with Crippen molar-refractivity contribution < 1.29 is 19.5 Å². The molecule has 31 heavy (non-hydrogen) atoms. The Morgan fingerprint density at radius 3 is 2.19 bits per heavy atom. The van der Waals surface area contributed by atoms with Gasteiger partial charge in [0.25, 0.3) is 5.91 Å². The van der Waals surface area contributed by atoms with Gasteiger partial charge in [-0.3, -0.25) is 14.4 Å². The zero-order valence-electron chi connectivity index (χ0n) is 19.0. The maximum atomic E-state index is 13.2. The lowest BCUT2D eigenvalue weighted by Crippen LogP contribution is -2.38. The van der Waals surface area contributed by atoms with E-state index < -0.39 is 17.8 Å². The summed E-state index contributed by atoms with van der Waals surface area (Å²) < 4.78 is 0. The van der Waals surface area contributed by atoms with E-state index in [1.807, 2.05) is 27.7 Å². The van der Waals surface area contributed by atoms with Crippen molar-refractivity contribution in [1.29, 1.82) is 0 Å². The molecule has 1 aromatic heterocycles. The van der Waals surface area contributed by atoms with E-state index in [9.17, 15) is 19.5 Å². The van der Waals surface area contributed by atoms with E-state index >= 15 is 0 Å². The first-order valence-electron chi connectivity index (χ1n) is 11.3. The maximum Gasteiger partial charge on any atom is 0.307 e. The molecule has 1 fully saturated rings. The summed E-state index contributed by atoms with van der Waals surface area (Å²) in [7, 11) is 0. The van der Waals surface area contributed by atoms with E-state index in [1.54, 1.807) is 0 Å². The van der Waals surface area contributed by atoms with E-state index in [0.29, 0.717) is 29.8 Å². The van der Waals surface area contributed by atoms with Gasteiger partial charge in [0.1, 0.15) is 5.00 Å². The molecular weight excluding hydrogens is 412 g/mol. The average Bonchev–Trinajstić information content (AvgIpc) is 3.04. The number of aryl methyl sites for hydroxylation is 1. The molecule has 2 unspecified atom stereocenters. The van der Waals surface area contributed by atoms with Crippen molar-refractivity contribution in [3.8, 4) is 0 Å². The summed E-state index contributed by atoms with van der Waals surface area (Å²) in [6.07, 6.45) is 6.97. The van der Waals surface area contributed by atoms with Crippen molar-refractivity contribution in [2.24, 2.45) is 11.8 Å². The smallest absolute Gasteiger partial charge is 0.307 e. The van der Waals surface area contributed by atoms with Crippen LogP contribution >= 0.6 is 11.3 Å². The molecule has 2 atom stereocenters. The number of hydrogen-bond acceptors (Lipinski definition) is 4. The van der Waals surface area contributed by atoms with E-state index in [0.717, 1.165) is 47.3 Å². The van der Waals surface area contributed by atoms with Gasteiger partial charge in [-0.25, -0.2) is 0 Å². The lowest BCUT2D eigenvalue weighted by molar-refractivity contribution is -0.146. The fourth-order valence-electron chi connectivity index (χ4n) is 4.87. The van der Waals surface area contributed by atoms with Crippen LogP contribution in [0, 0.1) is 18.8 Å². The summed E-state index contributed by atoms with van der Waals surface area (Å²) >= 11 is 1.41. The topological polar surface area (TPSA) is 95.5 Å².